The molecule has 0 aromatic rings. The molecule has 0 N–H and O–H groups in total. The van der Waals surface area contributed by atoms with Gasteiger partial charge in [0, 0.05) is 6.42 Å². The van der Waals surface area contributed by atoms with E-state index in [0.29, 0.717) is 6.42 Å². The van der Waals surface area contributed by atoms with Crippen LogP contribution < -0.4 is 0 Å². The number of cyclic esters (lactones) is 1. The second kappa shape index (κ2) is 6.86. The summed E-state index contributed by atoms with van der Waals surface area (Å²) in [6.45, 7) is 2.23. The highest BCUT2D eigenvalue weighted by Crippen LogP contribution is 2.19. The molecule has 0 saturated carbocycles. The summed E-state index contributed by atoms with van der Waals surface area (Å²) in [6, 6.07) is 0. The summed E-state index contributed by atoms with van der Waals surface area (Å²) < 4.78 is 5.15. The number of ether oxygens (including phenoxy) is 1. The molecule has 14 heavy (non-hydrogen) atoms. The molecule has 0 aromatic heterocycles. The van der Waals surface area contributed by atoms with E-state index in [-0.39, 0.29) is 12.1 Å². The molecule has 1 aliphatic heterocycles. The van der Waals surface area contributed by atoms with Gasteiger partial charge in [0.1, 0.15) is 6.10 Å². The summed E-state index contributed by atoms with van der Waals surface area (Å²) in [4.78, 5) is 10.8. The Kier molecular flexibility index (Phi) is 5.65. The first kappa shape index (κ1) is 11.5. The lowest BCUT2D eigenvalue weighted by Crippen LogP contribution is -2.06. The quantitative estimate of drug-likeness (QED) is 0.462. The van der Waals surface area contributed by atoms with Gasteiger partial charge in [-0.3, -0.25) is 4.79 Å². The van der Waals surface area contributed by atoms with Crippen LogP contribution >= 0.6 is 0 Å². The Balaban J connectivity index is 1.86. The summed E-state index contributed by atoms with van der Waals surface area (Å²) >= 11 is 0. The highest BCUT2D eigenvalue weighted by molar-refractivity contribution is 5.71. The van der Waals surface area contributed by atoms with Crippen LogP contribution in [-0.4, -0.2) is 12.1 Å². The Hall–Kier alpha value is -0.530. The van der Waals surface area contributed by atoms with Gasteiger partial charge in [0.25, 0.3) is 0 Å². The van der Waals surface area contributed by atoms with Crippen molar-refractivity contribution in [2.75, 3.05) is 0 Å². The predicted molar refractivity (Wildman–Crippen MR) is 57.1 cm³/mol. The second-order valence-electron chi connectivity index (χ2n) is 4.21. The maximum absolute atomic E-state index is 10.8. The molecule has 2 heteroatoms. The highest BCUT2D eigenvalue weighted by atomic mass is 16.5. The van der Waals surface area contributed by atoms with Gasteiger partial charge in [0.15, 0.2) is 0 Å². The summed E-state index contributed by atoms with van der Waals surface area (Å²) in [6.07, 6.45) is 10.8. The Morgan fingerprint density at radius 1 is 1.21 bits per heavy atom. The van der Waals surface area contributed by atoms with Crippen molar-refractivity contribution in [1.29, 1.82) is 0 Å². The lowest BCUT2D eigenvalue weighted by molar-refractivity contribution is -0.141. The Bertz CT molecular complexity index is 166. The van der Waals surface area contributed by atoms with Crippen LogP contribution in [0.3, 0.4) is 0 Å². The fourth-order valence-corrected chi connectivity index (χ4v) is 1.94. The van der Waals surface area contributed by atoms with E-state index >= 15 is 0 Å². The van der Waals surface area contributed by atoms with E-state index < -0.39 is 0 Å². The molecule has 0 aliphatic carbocycles. The minimum absolute atomic E-state index is 0.000910. The number of hydrogen-bond donors (Lipinski definition) is 0. The molecule has 1 rings (SSSR count). The van der Waals surface area contributed by atoms with E-state index in [1.54, 1.807) is 0 Å². The van der Waals surface area contributed by atoms with Gasteiger partial charge in [-0.15, -0.1) is 0 Å². The first-order valence-corrected chi connectivity index (χ1v) is 6.02. The Morgan fingerprint density at radius 3 is 2.57 bits per heavy atom. The zero-order chi connectivity index (χ0) is 10.2. The van der Waals surface area contributed by atoms with Gasteiger partial charge >= 0.3 is 5.97 Å². The Labute approximate surface area is 87.0 Å². The molecule has 1 saturated heterocycles. The van der Waals surface area contributed by atoms with Gasteiger partial charge < -0.3 is 4.74 Å². The van der Waals surface area contributed by atoms with Crippen molar-refractivity contribution >= 4 is 5.97 Å². The molecule has 1 heterocycles. The number of hydrogen-bond acceptors (Lipinski definition) is 2. The zero-order valence-corrected chi connectivity index (χ0v) is 9.26. The third-order valence-electron chi connectivity index (χ3n) is 2.85. The van der Waals surface area contributed by atoms with E-state index in [4.69, 9.17) is 4.74 Å². The molecule has 1 fully saturated rings. The van der Waals surface area contributed by atoms with Crippen molar-refractivity contribution < 1.29 is 9.53 Å². The topological polar surface area (TPSA) is 26.3 Å². The summed E-state index contributed by atoms with van der Waals surface area (Å²) in [5, 5.41) is 0. The Morgan fingerprint density at radius 2 is 1.93 bits per heavy atom. The predicted octanol–water partition coefficient (Wildman–Crippen LogP) is 3.44. The van der Waals surface area contributed by atoms with Crippen LogP contribution in [-0.2, 0) is 9.53 Å². The van der Waals surface area contributed by atoms with Gasteiger partial charge in [-0.25, -0.2) is 0 Å². The van der Waals surface area contributed by atoms with E-state index in [1.165, 1.54) is 38.5 Å². The lowest BCUT2D eigenvalue weighted by atomic mass is 10.1. The molecule has 0 amide bonds. The van der Waals surface area contributed by atoms with Gasteiger partial charge in [0.05, 0.1) is 0 Å². The lowest BCUT2D eigenvalue weighted by Gasteiger charge is -2.07. The minimum Gasteiger partial charge on any atom is -0.462 e. The van der Waals surface area contributed by atoms with Crippen molar-refractivity contribution in [2.24, 2.45) is 0 Å². The first-order chi connectivity index (χ1) is 6.83. The molecule has 2 nitrogen and oxygen atoms in total. The molecule has 1 aliphatic rings. The molecular formula is C12H22O2. The normalized spacial score (nSPS) is 21.2. The number of rotatable bonds is 7. The number of carbonyl (C=O) groups is 1. The molecule has 82 valence electrons. The highest BCUT2D eigenvalue weighted by Gasteiger charge is 2.22. The number of esters is 1. The maximum atomic E-state index is 10.8. The van der Waals surface area contributed by atoms with Crippen LogP contribution in [0.15, 0.2) is 0 Å². The van der Waals surface area contributed by atoms with E-state index in [0.717, 1.165) is 12.8 Å². The van der Waals surface area contributed by atoms with Gasteiger partial charge in [-0.1, -0.05) is 39.0 Å². The monoisotopic (exact) mass is 198 g/mol. The zero-order valence-electron chi connectivity index (χ0n) is 9.26. The molecular weight excluding hydrogens is 176 g/mol. The standard InChI is InChI=1S/C12H22O2/c1-2-3-4-5-6-7-8-11-9-10-12(13)14-11/h11H,2-10H2,1H3/t11-/m1/s1. The van der Waals surface area contributed by atoms with Crippen molar-refractivity contribution in [1.82, 2.24) is 0 Å². The fourth-order valence-electron chi connectivity index (χ4n) is 1.94. The van der Waals surface area contributed by atoms with E-state index in [2.05, 4.69) is 6.92 Å². The molecule has 0 bridgehead atoms. The smallest absolute Gasteiger partial charge is 0.306 e. The van der Waals surface area contributed by atoms with Crippen molar-refractivity contribution in [3.63, 3.8) is 0 Å². The van der Waals surface area contributed by atoms with Crippen LogP contribution in [0.5, 0.6) is 0 Å². The van der Waals surface area contributed by atoms with E-state index in [9.17, 15) is 4.79 Å². The van der Waals surface area contributed by atoms with Crippen LogP contribution in [0.2, 0.25) is 0 Å². The average molecular weight is 198 g/mol. The first-order valence-electron chi connectivity index (χ1n) is 6.02. The van der Waals surface area contributed by atoms with Crippen LogP contribution in [0, 0.1) is 0 Å². The molecule has 0 unspecified atom stereocenters. The third-order valence-corrected chi connectivity index (χ3v) is 2.85. The largest absolute Gasteiger partial charge is 0.462 e. The number of carbonyl (C=O) groups excluding carboxylic acids is 1. The summed E-state index contributed by atoms with van der Waals surface area (Å²) in [5.74, 6) is 0.000910. The van der Waals surface area contributed by atoms with Crippen LogP contribution in [0.1, 0.15) is 64.7 Å². The van der Waals surface area contributed by atoms with Crippen LogP contribution in [0.4, 0.5) is 0 Å². The van der Waals surface area contributed by atoms with Crippen molar-refractivity contribution in [3.05, 3.63) is 0 Å². The maximum Gasteiger partial charge on any atom is 0.306 e. The second-order valence-corrected chi connectivity index (χ2v) is 4.21. The summed E-state index contributed by atoms with van der Waals surface area (Å²) in [7, 11) is 0. The minimum atomic E-state index is 0.000910. The molecule has 0 aromatic carbocycles. The van der Waals surface area contributed by atoms with E-state index in [1.807, 2.05) is 0 Å². The fraction of sp³-hybridized carbons (Fsp3) is 0.917. The van der Waals surface area contributed by atoms with Crippen LogP contribution in [0.25, 0.3) is 0 Å². The van der Waals surface area contributed by atoms with Gasteiger partial charge in [-0.05, 0) is 19.3 Å². The SMILES string of the molecule is CCCCCCCC[C@@H]1CCC(=O)O1. The van der Waals surface area contributed by atoms with Gasteiger partial charge in [0.2, 0.25) is 0 Å². The number of unbranched alkanes of at least 4 members (excludes halogenated alkanes) is 5. The average Bonchev–Trinajstić information content (AvgIpc) is 2.58. The summed E-state index contributed by atoms with van der Waals surface area (Å²) in [5.41, 5.74) is 0. The van der Waals surface area contributed by atoms with Gasteiger partial charge in [-0.2, -0.15) is 0 Å². The molecule has 1 atom stereocenters. The molecule has 0 radical (unpaired) electrons. The van der Waals surface area contributed by atoms with Crippen molar-refractivity contribution in [2.45, 2.75) is 70.8 Å². The third kappa shape index (κ3) is 4.64. The molecule has 0 spiro atoms. The van der Waals surface area contributed by atoms with Crippen molar-refractivity contribution in [3.8, 4) is 0 Å².